The molecule has 138 valence electrons. The smallest absolute Gasteiger partial charge is 0.269 e. The van der Waals surface area contributed by atoms with Crippen molar-refractivity contribution in [3.63, 3.8) is 0 Å². The van der Waals surface area contributed by atoms with E-state index < -0.39 is 24.2 Å². The van der Waals surface area contributed by atoms with Crippen LogP contribution in [0.1, 0.15) is 70.8 Å². The molecule has 1 aliphatic rings. The fraction of sp³-hybridized carbons (Fsp3) is 0.526. The highest BCUT2D eigenvalue weighted by atomic mass is 19.4. The lowest BCUT2D eigenvalue weighted by atomic mass is 9.81. The molecule has 1 fully saturated rings. The molecule has 0 radical (unpaired) electrons. The first-order valence-corrected chi connectivity index (χ1v) is 8.44. The normalized spacial score (nSPS) is 17.6. The van der Waals surface area contributed by atoms with Crippen molar-refractivity contribution in [1.82, 2.24) is 5.48 Å². The summed E-state index contributed by atoms with van der Waals surface area (Å²) in [6.45, 7) is 2.57. The van der Waals surface area contributed by atoms with Crippen molar-refractivity contribution >= 4 is 5.91 Å². The Labute approximate surface area is 149 Å². The largest absolute Gasteiger partial charge is 0.416 e. The first kappa shape index (κ1) is 16.6. The molecular weight excluding hydrogens is 331 g/mol. The van der Waals surface area contributed by atoms with E-state index in [0.29, 0.717) is 19.3 Å². The summed E-state index contributed by atoms with van der Waals surface area (Å²) in [5.41, 5.74) is 1.14. The molecule has 0 saturated heterocycles. The Kier molecular flexibility index (Phi) is 5.67. The molecule has 25 heavy (non-hydrogen) atoms. The van der Waals surface area contributed by atoms with Gasteiger partial charge in [0.15, 0.2) is 0 Å². The van der Waals surface area contributed by atoms with Crippen LogP contribution in [-0.2, 0) is 22.4 Å². The van der Waals surface area contributed by atoms with Gasteiger partial charge in [-0.2, -0.15) is 13.2 Å². The van der Waals surface area contributed by atoms with Crippen LogP contribution in [0.2, 0.25) is 0 Å². The minimum absolute atomic E-state index is 0.175. The van der Waals surface area contributed by atoms with Crippen molar-refractivity contribution in [3.8, 4) is 0 Å². The maximum Gasteiger partial charge on any atom is 0.416 e. The van der Waals surface area contributed by atoms with Gasteiger partial charge in [-0.05, 0) is 42.4 Å². The molecule has 0 atom stereocenters. The quantitative estimate of drug-likeness (QED) is 0.556. The van der Waals surface area contributed by atoms with Crippen LogP contribution in [0.15, 0.2) is 30.4 Å². The maximum atomic E-state index is 13.6. The Morgan fingerprint density at radius 1 is 1.36 bits per heavy atom. The highest BCUT2D eigenvalue weighted by molar-refractivity contribution is 5.91. The number of alkyl halides is 3. The molecule has 1 amide bonds. The Bertz CT molecular complexity index is 699. The van der Waals surface area contributed by atoms with Crippen molar-refractivity contribution in [1.29, 1.82) is 0 Å². The lowest BCUT2D eigenvalue weighted by Crippen LogP contribution is -2.24. The molecule has 1 aromatic rings. The summed E-state index contributed by atoms with van der Waals surface area (Å²) in [6, 6.07) is 3.41. The van der Waals surface area contributed by atoms with Gasteiger partial charge in [0.2, 0.25) is 0 Å². The highest BCUT2D eigenvalue weighted by Gasteiger charge is 2.35. The minimum Gasteiger partial charge on any atom is -0.269 e. The number of benzene rings is 1. The number of halogens is 3. The first-order chi connectivity index (χ1) is 12.6. The van der Waals surface area contributed by atoms with E-state index in [1.165, 1.54) is 12.1 Å². The van der Waals surface area contributed by atoms with Gasteiger partial charge in [-0.25, -0.2) is 5.48 Å². The molecule has 0 aliphatic heterocycles. The Balaban J connectivity index is 2.28. The monoisotopic (exact) mass is 357 g/mol. The summed E-state index contributed by atoms with van der Waals surface area (Å²) >= 11 is 0. The van der Waals surface area contributed by atoms with Gasteiger partial charge in [0.25, 0.3) is 5.91 Å². The molecule has 6 heteroatoms. The van der Waals surface area contributed by atoms with Gasteiger partial charge >= 0.3 is 6.18 Å². The lowest BCUT2D eigenvalue weighted by Gasteiger charge is -2.25. The van der Waals surface area contributed by atoms with Crippen molar-refractivity contribution in [2.24, 2.45) is 0 Å². The number of nitrogens with one attached hydrogen (secondary N) is 1. The van der Waals surface area contributed by atoms with Crippen molar-refractivity contribution < 1.29 is 25.5 Å². The number of hydroxylamine groups is 1. The van der Waals surface area contributed by atoms with E-state index in [9.17, 15) is 18.0 Å². The molecule has 1 saturated carbocycles. The summed E-state index contributed by atoms with van der Waals surface area (Å²) < 4.78 is 56.6. The van der Waals surface area contributed by atoms with Crippen LogP contribution in [-0.4, -0.2) is 5.91 Å². The van der Waals surface area contributed by atoms with Gasteiger partial charge in [-0.15, -0.1) is 0 Å². The summed E-state index contributed by atoms with van der Waals surface area (Å²) in [4.78, 5) is 16.4. The lowest BCUT2D eigenvalue weighted by molar-refractivity contribution is -0.138. The van der Waals surface area contributed by atoms with Crippen LogP contribution < -0.4 is 5.48 Å². The van der Waals surface area contributed by atoms with E-state index in [4.69, 9.17) is 7.58 Å². The van der Waals surface area contributed by atoms with Crippen LogP contribution in [0.4, 0.5) is 13.2 Å². The fourth-order valence-electron chi connectivity index (χ4n) is 3.00. The van der Waals surface area contributed by atoms with Crippen LogP contribution in [0.25, 0.3) is 0 Å². The summed E-state index contributed by atoms with van der Waals surface area (Å²) in [6.07, 6.45) is -0.0653. The van der Waals surface area contributed by atoms with E-state index >= 15 is 0 Å². The van der Waals surface area contributed by atoms with Crippen LogP contribution in [0, 0.1) is 0 Å². The average molecular weight is 357 g/mol. The molecule has 0 spiro atoms. The standard InChI is InChI=1S/C19H24F3NO2/c1-3-13(2)18(24)23-25-12-14-9-10-16(15-7-5-4-6-8-15)17(11-14)19(20,21)22/h9-11,15H,2-8,12H2,1H3,(H,23,24)/i12D2. The zero-order valence-electron chi connectivity index (χ0n) is 16.2. The Hall–Kier alpha value is -1.82. The van der Waals surface area contributed by atoms with Gasteiger partial charge in [0.05, 0.1) is 14.9 Å². The summed E-state index contributed by atoms with van der Waals surface area (Å²) in [5.74, 6) is -0.889. The zero-order valence-corrected chi connectivity index (χ0v) is 14.2. The van der Waals surface area contributed by atoms with E-state index in [1.807, 2.05) is 5.48 Å². The van der Waals surface area contributed by atoms with Gasteiger partial charge in [-0.1, -0.05) is 44.9 Å². The summed E-state index contributed by atoms with van der Waals surface area (Å²) in [5, 5.41) is 0. The zero-order chi connectivity index (χ0) is 20.2. The Morgan fingerprint density at radius 2 is 2.04 bits per heavy atom. The maximum absolute atomic E-state index is 13.6. The second-order valence-electron chi connectivity index (χ2n) is 6.23. The fourth-order valence-corrected chi connectivity index (χ4v) is 3.00. The number of rotatable bonds is 6. The molecule has 0 heterocycles. The van der Waals surface area contributed by atoms with Gasteiger partial charge in [-0.3, -0.25) is 9.63 Å². The molecule has 0 aromatic heterocycles. The van der Waals surface area contributed by atoms with Crippen LogP contribution in [0.5, 0.6) is 0 Å². The summed E-state index contributed by atoms with van der Waals surface area (Å²) in [7, 11) is 0. The van der Waals surface area contributed by atoms with Crippen molar-refractivity contribution in [3.05, 3.63) is 47.0 Å². The van der Waals surface area contributed by atoms with Gasteiger partial charge < -0.3 is 0 Å². The highest BCUT2D eigenvalue weighted by Crippen LogP contribution is 2.41. The van der Waals surface area contributed by atoms with Gasteiger partial charge in [0, 0.05) is 5.57 Å². The van der Waals surface area contributed by atoms with Crippen LogP contribution >= 0.6 is 0 Å². The van der Waals surface area contributed by atoms with Gasteiger partial charge in [0.1, 0.15) is 0 Å². The first-order valence-electron chi connectivity index (χ1n) is 9.44. The third kappa shape index (κ3) is 5.33. The number of amides is 1. The number of carbonyl (C=O) groups is 1. The third-order valence-corrected chi connectivity index (χ3v) is 4.46. The van der Waals surface area contributed by atoms with E-state index in [0.717, 1.165) is 25.3 Å². The molecular formula is C19H24F3NO2. The Morgan fingerprint density at radius 3 is 2.64 bits per heavy atom. The third-order valence-electron chi connectivity index (χ3n) is 4.46. The molecule has 1 aliphatic carbocycles. The molecule has 1 aromatic carbocycles. The van der Waals surface area contributed by atoms with Crippen LogP contribution in [0.3, 0.4) is 0 Å². The molecule has 3 nitrogen and oxygen atoms in total. The van der Waals surface area contributed by atoms with E-state index in [-0.39, 0.29) is 22.6 Å². The minimum atomic E-state index is -4.60. The topological polar surface area (TPSA) is 38.3 Å². The molecule has 1 N–H and O–H groups in total. The number of hydrogen-bond acceptors (Lipinski definition) is 2. The molecule has 2 rings (SSSR count). The van der Waals surface area contributed by atoms with Crippen molar-refractivity contribution in [2.75, 3.05) is 0 Å². The average Bonchev–Trinajstić information content (AvgIpc) is 2.65. The predicted molar refractivity (Wildman–Crippen MR) is 89.6 cm³/mol. The molecule has 0 unspecified atom stereocenters. The second-order valence-corrected chi connectivity index (χ2v) is 6.23. The second kappa shape index (κ2) is 8.52. The number of carbonyl (C=O) groups excluding carboxylic acids is 1. The SMILES string of the molecule is [2H]C([2H])(ONC(=O)C(=C)CC)c1ccc(C2CCCCC2)c(C(F)(F)F)c1. The van der Waals surface area contributed by atoms with Crippen molar-refractivity contribution in [2.45, 2.75) is 64.1 Å². The predicted octanol–water partition coefficient (Wildman–Crippen LogP) is 5.27. The molecule has 0 bridgehead atoms. The van der Waals surface area contributed by atoms with E-state index in [2.05, 4.69) is 6.58 Å². The number of hydrogen-bond donors (Lipinski definition) is 1. The van der Waals surface area contributed by atoms with E-state index in [1.54, 1.807) is 6.92 Å².